The number of fused-ring (bicyclic) bond motifs is 11. The maximum Gasteiger partial charge on any atom is 0.206 e. The molecule has 0 amide bonds. The third-order valence-corrected chi connectivity index (χ3v) is 12.9. The monoisotopic (exact) mass is 738 g/mol. The van der Waals surface area contributed by atoms with Crippen molar-refractivity contribution >= 4 is 75.3 Å². The molecule has 0 N–H and O–H groups in total. The summed E-state index contributed by atoms with van der Waals surface area (Å²) >= 11 is 0. The molecular formula is C49H30N4O2S. The molecule has 6 nitrogen and oxygen atoms in total. The van der Waals surface area contributed by atoms with E-state index in [4.69, 9.17) is 0 Å². The lowest BCUT2D eigenvalue weighted by atomic mass is 10.1. The molecule has 0 radical (unpaired) electrons. The van der Waals surface area contributed by atoms with E-state index in [0.717, 1.165) is 77.1 Å². The first-order valence-electron chi connectivity index (χ1n) is 18.4. The molecule has 0 bridgehead atoms. The molecule has 264 valence electrons. The first-order valence-corrected chi connectivity index (χ1v) is 19.9. The van der Waals surface area contributed by atoms with Crippen molar-refractivity contribution in [2.24, 2.45) is 0 Å². The molecule has 11 aromatic rings. The van der Waals surface area contributed by atoms with E-state index in [9.17, 15) is 13.7 Å². The van der Waals surface area contributed by atoms with Crippen LogP contribution < -0.4 is 0 Å². The van der Waals surface area contributed by atoms with Gasteiger partial charge in [-0.05, 0) is 103 Å². The van der Waals surface area contributed by atoms with Gasteiger partial charge in [0.2, 0.25) is 9.84 Å². The lowest BCUT2D eigenvalue weighted by molar-refractivity contribution is 0.596. The average Bonchev–Trinajstić information content (AvgIpc) is 3.90. The molecule has 3 heterocycles. The van der Waals surface area contributed by atoms with Crippen LogP contribution in [-0.4, -0.2) is 22.1 Å². The van der Waals surface area contributed by atoms with Crippen LogP contribution in [0.4, 0.5) is 0 Å². The Kier molecular flexibility index (Phi) is 6.90. The Labute approximate surface area is 321 Å². The van der Waals surface area contributed by atoms with E-state index in [1.54, 1.807) is 12.1 Å². The molecule has 0 unspecified atom stereocenters. The minimum atomic E-state index is -3.83. The molecule has 0 saturated heterocycles. The van der Waals surface area contributed by atoms with Gasteiger partial charge in [0.05, 0.1) is 54.5 Å². The minimum absolute atomic E-state index is 0.146. The number of sulfone groups is 1. The lowest BCUT2D eigenvalue weighted by Crippen LogP contribution is -2.03. The summed E-state index contributed by atoms with van der Waals surface area (Å²) in [6.45, 7) is 0. The molecule has 0 saturated carbocycles. The summed E-state index contributed by atoms with van der Waals surface area (Å²) in [5, 5.41) is 16.1. The number of nitrogens with zero attached hydrogens (tertiary/aromatic N) is 4. The molecule has 0 aliphatic rings. The quantitative estimate of drug-likeness (QED) is 0.176. The number of para-hydroxylation sites is 4. The zero-order valence-electron chi connectivity index (χ0n) is 29.8. The number of hydrogen-bond acceptors (Lipinski definition) is 3. The first kappa shape index (κ1) is 32.1. The van der Waals surface area contributed by atoms with Crippen LogP contribution in [0.1, 0.15) is 5.56 Å². The second-order valence-electron chi connectivity index (χ2n) is 14.1. The van der Waals surface area contributed by atoms with E-state index in [0.29, 0.717) is 5.56 Å². The first-order chi connectivity index (χ1) is 27.5. The molecule has 3 aromatic heterocycles. The van der Waals surface area contributed by atoms with E-state index < -0.39 is 9.84 Å². The summed E-state index contributed by atoms with van der Waals surface area (Å²) in [5.74, 6) is 0. The third-order valence-electron chi connectivity index (χ3n) is 11.1. The molecule has 7 heteroatoms. The smallest absolute Gasteiger partial charge is 0.206 e. The fourth-order valence-corrected chi connectivity index (χ4v) is 9.94. The Bertz CT molecular complexity index is 3520. The highest BCUT2D eigenvalue weighted by molar-refractivity contribution is 7.91. The van der Waals surface area contributed by atoms with Crippen LogP contribution in [0.25, 0.3) is 82.5 Å². The van der Waals surface area contributed by atoms with E-state index >= 15 is 0 Å². The van der Waals surface area contributed by atoms with Crippen LogP contribution in [0.15, 0.2) is 192 Å². The van der Waals surface area contributed by atoms with Gasteiger partial charge in [-0.15, -0.1) is 0 Å². The van der Waals surface area contributed by atoms with Crippen molar-refractivity contribution in [1.82, 2.24) is 13.7 Å². The fraction of sp³-hybridized carbons (Fsp3) is 0. The van der Waals surface area contributed by atoms with Crippen molar-refractivity contribution in [2.45, 2.75) is 9.79 Å². The molecule has 0 atom stereocenters. The van der Waals surface area contributed by atoms with Crippen molar-refractivity contribution < 1.29 is 8.42 Å². The second-order valence-corrected chi connectivity index (χ2v) is 16.0. The molecule has 0 spiro atoms. The van der Waals surface area contributed by atoms with Crippen molar-refractivity contribution in [2.75, 3.05) is 0 Å². The highest BCUT2D eigenvalue weighted by Crippen LogP contribution is 2.46. The predicted molar refractivity (Wildman–Crippen MR) is 226 cm³/mol. The zero-order chi connectivity index (χ0) is 37.5. The normalized spacial score (nSPS) is 12.1. The summed E-state index contributed by atoms with van der Waals surface area (Å²) in [5.41, 5.74) is 9.88. The van der Waals surface area contributed by atoms with E-state index in [2.05, 4.69) is 141 Å². The van der Waals surface area contributed by atoms with E-state index in [-0.39, 0.29) is 9.79 Å². The van der Waals surface area contributed by atoms with Gasteiger partial charge in [-0.2, -0.15) is 5.26 Å². The number of benzene rings is 8. The number of rotatable bonds is 5. The molecule has 0 aliphatic carbocycles. The largest absolute Gasteiger partial charge is 0.309 e. The van der Waals surface area contributed by atoms with Gasteiger partial charge in [0.1, 0.15) is 0 Å². The maximum absolute atomic E-state index is 13.8. The molecule has 0 fully saturated rings. The van der Waals surface area contributed by atoms with Crippen molar-refractivity contribution in [3.8, 4) is 23.1 Å². The van der Waals surface area contributed by atoms with E-state index in [1.165, 1.54) is 29.7 Å². The van der Waals surface area contributed by atoms with Gasteiger partial charge in [-0.3, -0.25) is 0 Å². The van der Waals surface area contributed by atoms with Gasteiger partial charge < -0.3 is 13.7 Å². The number of aromatic nitrogens is 3. The van der Waals surface area contributed by atoms with Crippen LogP contribution in [0.2, 0.25) is 0 Å². The zero-order valence-corrected chi connectivity index (χ0v) is 30.7. The summed E-state index contributed by atoms with van der Waals surface area (Å²) in [4.78, 5) is 0.330. The molecule has 0 aliphatic heterocycles. The van der Waals surface area contributed by atoms with Gasteiger partial charge in [0, 0.05) is 49.4 Å². The summed E-state index contributed by atoms with van der Waals surface area (Å²) in [6.07, 6.45) is 0. The Morgan fingerprint density at radius 2 is 0.821 bits per heavy atom. The Morgan fingerprint density at radius 3 is 1.46 bits per heavy atom. The lowest BCUT2D eigenvalue weighted by Gasteiger charge is -2.12. The second kappa shape index (κ2) is 12.1. The van der Waals surface area contributed by atoms with Gasteiger partial charge in [0.25, 0.3) is 0 Å². The molecule has 8 aromatic carbocycles. The predicted octanol–water partition coefficient (Wildman–Crippen LogP) is 11.7. The Morgan fingerprint density at radius 1 is 0.375 bits per heavy atom. The van der Waals surface area contributed by atoms with Gasteiger partial charge in [0.15, 0.2) is 0 Å². The number of nitriles is 1. The fourth-order valence-electron chi connectivity index (χ4n) is 8.68. The molecule has 11 rings (SSSR count). The Balaban J connectivity index is 1.29. The summed E-state index contributed by atoms with van der Waals surface area (Å²) < 4.78 is 34.7. The van der Waals surface area contributed by atoms with Gasteiger partial charge in [-0.25, -0.2) is 8.42 Å². The van der Waals surface area contributed by atoms with Crippen LogP contribution in [-0.2, 0) is 9.84 Å². The van der Waals surface area contributed by atoms with Gasteiger partial charge >= 0.3 is 0 Å². The minimum Gasteiger partial charge on any atom is -0.309 e. The SMILES string of the molecule is N#Cc1ccc(S(=O)(=O)c2ccc(-n3c4ccc5c6ccccc6n(-c6ccccc6)c5c4c4ccc5c(c6ccccc6n5-c5ccccc5)c43)cc2)cc1. The third kappa shape index (κ3) is 4.51. The Hall–Kier alpha value is -7.40. The van der Waals surface area contributed by atoms with Crippen molar-refractivity contribution in [3.63, 3.8) is 0 Å². The van der Waals surface area contributed by atoms with Crippen LogP contribution >= 0.6 is 0 Å². The topological polar surface area (TPSA) is 72.7 Å². The van der Waals surface area contributed by atoms with Crippen molar-refractivity contribution in [1.29, 1.82) is 5.26 Å². The van der Waals surface area contributed by atoms with Gasteiger partial charge in [-0.1, -0.05) is 78.9 Å². The highest BCUT2D eigenvalue weighted by atomic mass is 32.2. The number of hydrogen-bond donors (Lipinski definition) is 0. The molecule has 56 heavy (non-hydrogen) atoms. The summed E-state index contributed by atoms with van der Waals surface area (Å²) in [7, 11) is -3.83. The van der Waals surface area contributed by atoms with Crippen LogP contribution in [0.5, 0.6) is 0 Å². The summed E-state index contributed by atoms with van der Waals surface area (Å²) in [6, 6.07) is 62.3. The van der Waals surface area contributed by atoms with Crippen LogP contribution in [0.3, 0.4) is 0 Å². The van der Waals surface area contributed by atoms with E-state index in [1.807, 2.05) is 24.3 Å². The van der Waals surface area contributed by atoms with Crippen molar-refractivity contribution in [3.05, 3.63) is 188 Å². The highest BCUT2D eigenvalue weighted by Gasteiger charge is 2.25. The molecular weight excluding hydrogens is 709 g/mol. The van der Waals surface area contributed by atoms with Crippen LogP contribution in [0, 0.1) is 11.3 Å². The average molecular weight is 739 g/mol. The standard InChI is InChI=1S/C49H30N4O2S/c50-31-32-19-23-36(24-20-32)56(54,55)37-25-21-35(22-26-37)53-45-29-27-39-38-15-7-9-17-42(38)52(34-13-5-2-6-14-34)48(39)47(45)41-28-30-44-46(49(41)53)40-16-8-10-18-43(40)51(44)33-11-3-1-4-12-33/h1-30H. The maximum atomic E-state index is 13.8.